The first-order valence-electron chi connectivity index (χ1n) is 9.74. The number of sulfonamides is 1. The summed E-state index contributed by atoms with van der Waals surface area (Å²) in [5.74, 6) is 1.29. The summed E-state index contributed by atoms with van der Waals surface area (Å²) >= 11 is 0. The first kappa shape index (κ1) is 20.4. The van der Waals surface area contributed by atoms with E-state index < -0.39 is 14.9 Å². The lowest BCUT2D eigenvalue weighted by molar-refractivity contribution is -0.384. The van der Waals surface area contributed by atoms with Crippen LogP contribution in [0.4, 0.5) is 11.4 Å². The molecule has 0 amide bonds. The van der Waals surface area contributed by atoms with Gasteiger partial charge in [-0.2, -0.15) is 4.31 Å². The van der Waals surface area contributed by atoms with E-state index in [-0.39, 0.29) is 16.7 Å². The number of anilines is 1. The van der Waals surface area contributed by atoms with Crippen LogP contribution in [-0.2, 0) is 10.0 Å². The minimum atomic E-state index is -3.73. The van der Waals surface area contributed by atoms with Gasteiger partial charge >= 0.3 is 0 Å². The molecule has 1 fully saturated rings. The standard InChI is InChI=1S/C20H23N3O6S/c1-21(13-15-14-28-19-6-2-3-7-20(19)29-15)17-9-8-16(12-18(17)23(24)25)30(26,27)22-10-4-5-11-22/h2-3,6-9,12,15H,4-5,10-11,13-14H2,1H3/t15-/m0/s1. The summed E-state index contributed by atoms with van der Waals surface area (Å²) in [6.45, 7) is 1.54. The fourth-order valence-corrected chi connectivity index (χ4v) is 5.30. The van der Waals surface area contributed by atoms with Crippen molar-refractivity contribution in [3.05, 3.63) is 52.6 Å². The molecular formula is C20H23N3O6S. The minimum absolute atomic E-state index is 0.0561. The molecule has 2 aliphatic rings. The number of nitro groups is 1. The second-order valence-electron chi connectivity index (χ2n) is 7.40. The van der Waals surface area contributed by atoms with Gasteiger partial charge in [-0.15, -0.1) is 0 Å². The Morgan fingerprint density at radius 1 is 1.17 bits per heavy atom. The van der Waals surface area contributed by atoms with Crippen LogP contribution in [0, 0.1) is 10.1 Å². The zero-order chi connectivity index (χ0) is 21.3. The number of fused-ring (bicyclic) bond motifs is 1. The van der Waals surface area contributed by atoms with Crippen molar-refractivity contribution in [2.75, 3.05) is 38.2 Å². The number of likely N-dealkylation sites (N-methyl/N-ethyl adjacent to an activating group) is 1. The van der Waals surface area contributed by atoms with Gasteiger partial charge in [0.2, 0.25) is 10.0 Å². The van der Waals surface area contributed by atoms with Crippen molar-refractivity contribution in [1.82, 2.24) is 4.31 Å². The third-order valence-electron chi connectivity index (χ3n) is 5.30. The van der Waals surface area contributed by atoms with Gasteiger partial charge in [-0.3, -0.25) is 10.1 Å². The maximum atomic E-state index is 12.8. The van der Waals surface area contributed by atoms with E-state index in [9.17, 15) is 18.5 Å². The third-order valence-corrected chi connectivity index (χ3v) is 7.20. The molecule has 2 aromatic carbocycles. The molecule has 4 rings (SSSR count). The van der Waals surface area contributed by atoms with Crippen molar-refractivity contribution < 1.29 is 22.8 Å². The molecule has 0 unspecified atom stereocenters. The average molecular weight is 433 g/mol. The van der Waals surface area contributed by atoms with E-state index in [1.54, 1.807) is 11.9 Å². The number of para-hydroxylation sites is 2. The number of benzene rings is 2. The van der Waals surface area contributed by atoms with Gasteiger partial charge in [-0.1, -0.05) is 12.1 Å². The van der Waals surface area contributed by atoms with Crippen molar-refractivity contribution in [3.8, 4) is 11.5 Å². The lowest BCUT2D eigenvalue weighted by Gasteiger charge is -2.30. The normalized spacial score (nSPS) is 18.9. The van der Waals surface area contributed by atoms with Gasteiger partial charge in [0, 0.05) is 26.2 Å². The smallest absolute Gasteiger partial charge is 0.293 e. The summed E-state index contributed by atoms with van der Waals surface area (Å²) in [7, 11) is -2.02. The van der Waals surface area contributed by atoms with Crippen LogP contribution in [0.15, 0.2) is 47.4 Å². The lowest BCUT2D eigenvalue weighted by Crippen LogP contribution is -2.39. The predicted molar refractivity (Wildman–Crippen MR) is 111 cm³/mol. The number of hydrogen-bond donors (Lipinski definition) is 0. The fourth-order valence-electron chi connectivity index (χ4n) is 3.77. The summed E-state index contributed by atoms with van der Waals surface area (Å²) in [5, 5.41) is 11.7. The molecule has 2 aromatic rings. The van der Waals surface area contributed by atoms with Gasteiger partial charge in [0.1, 0.15) is 12.3 Å². The number of hydrogen-bond acceptors (Lipinski definition) is 7. The van der Waals surface area contributed by atoms with E-state index in [4.69, 9.17) is 9.47 Å². The first-order valence-corrected chi connectivity index (χ1v) is 11.2. The highest BCUT2D eigenvalue weighted by molar-refractivity contribution is 7.89. The minimum Gasteiger partial charge on any atom is -0.486 e. The molecule has 0 aromatic heterocycles. The Bertz CT molecular complexity index is 1050. The van der Waals surface area contributed by atoms with E-state index in [1.807, 2.05) is 24.3 Å². The zero-order valence-corrected chi connectivity index (χ0v) is 17.4. The molecule has 0 N–H and O–H groups in total. The highest BCUT2D eigenvalue weighted by atomic mass is 32.2. The number of nitrogens with zero attached hydrogens (tertiary/aromatic N) is 3. The Balaban J connectivity index is 1.55. The number of ether oxygens (including phenoxy) is 2. The van der Waals surface area contributed by atoms with Crippen molar-refractivity contribution in [2.24, 2.45) is 0 Å². The zero-order valence-electron chi connectivity index (χ0n) is 16.6. The summed E-state index contributed by atoms with van der Waals surface area (Å²) in [6, 6.07) is 11.4. The van der Waals surface area contributed by atoms with Crippen LogP contribution < -0.4 is 14.4 Å². The van der Waals surface area contributed by atoms with Crippen LogP contribution >= 0.6 is 0 Å². The van der Waals surface area contributed by atoms with Crippen molar-refractivity contribution in [2.45, 2.75) is 23.8 Å². The summed E-state index contributed by atoms with van der Waals surface area (Å²) in [5.41, 5.74) is 0.0673. The maximum Gasteiger partial charge on any atom is 0.293 e. The number of nitro benzene ring substituents is 1. The Morgan fingerprint density at radius 3 is 2.57 bits per heavy atom. The van der Waals surface area contributed by atoms with E-state index in [2.05, 4.69) is 0 Å². The first-order chi connectivity index (χ1) is 14.4. The fraction of sp³-hybridized carbons (Fsp3) is 0.400. The monoisotopic (exact) mass is 433 g/mol. The van der Waals surface area contributed by atoms with E-state index >= 15 is 0 Å². The van der Waals surface area contributed by atoms with Crippen LogP contribution in [-0.4, -0.2) is 57.0 Å². The molecule has 2 aliphatic heterocycles. The Morgan fingerprint density at radius 2 is 1.87 bits per heavy atom. The molecule has 2 heterocycles. The van der Waals surface area contributed by atoms with Gasteiger partial charge in [0.15, 0.2) is 17.6 Å². The topological polar surface area (TPSA) is 102 Å². The summed E-state index contributed by atoms with van der Waals surface area (Å²) in [4.78, 5) is 12.8. The Labute approximate surface area is 175 Å². The van der Waals surface area contributed by atoms with E-state index in [1.165, 1.54) is 16.4 Å². The quantitative estimate of drug-likeness (QED) is 0.510. The predicted octanol–water partition coefficient (Wildman–Crippen LogP) is 2.66. The van der Waals surface area contributed by atoms with Gasteiger partial charge < -0.3 is 14.4 Å². The third kappa shape index (κ3) is 3.92. The van der Waals surface area contributed by atoms with Crippen LogP contribution in [0.2, 0.25) is 0 Å². The van der Waals surface area contributed by atoms with Crippen LogP contribution in [0.25, 0.3) is 0 Å². The average Bonchev–Trinajstić information content (AvgIpc) is 3.29. The molecule has 0 bridgehead atoms. The molecule has 0 spiro atoms. The van der Waals surface area contributed by atoms with Crippen molar-refractivity contribution in [3.63, 3.8) is 0 Å². The highest BCUT2D eigenvalue weighted by Gasteiger charge is 2.31. The molecule has 0 aliphatic carbocycles. The Kier molecular flexibility index (Phi) is 5.52. The van der Waals surface area contributed by atoms with Gasteiger partial charge in [0.05, 0.1) is 16.4 Å². The van der Waals surface area contributed by atoms with Gasteiger partial charge in [-0.25, -0.2) is 8.42 Å². The maximum absolute atomic E-state index is 12.8. The Hall–Kier alpha value is -2.85. The molecular weight excluding hydrogens is 410 g/mol. The van der Waals surface area contributed by atoms with Gasteiger partial charge in [0.25, 0.3) is 5.69 Å². The van der Waals surface area contributed by atoms with Gasteiger partial charge in [-0.05, 0) is 37.1 Å². The number of rotatable bonds is 6. The molecule has 0 saturated carbocycles. The van der Waals surface area contributed by atoms with Crippen molar-refractivity contribution in [1.29, 1.82) is 0 Å². The molecule has 1 saturated heterocycles. The van der Waals surface area contributed by atoms with E-state index in [0.29, 0.717) is 43.4 Å². The largest absolute Gasteiger partial charge is 0.486 e. The molecule has 1 atom stereocenters. The highest BCUT2D eigenvalue weighted by Crippen LogP contribution is 2.34. The van der Waals surface area contributed by atoms with Crippen molar-refractivity contribution >= 4 is 21.4 Å². The molecule has 160 valence electrons. The second kappa shape index (κ2) is 8.11. The molecule has 9 nitrogen and oxygen atoms in total. The van der Waals surface area contributed by atoms with Crippen LogP contribution in [0.3, 0.4) is 0 Å². The van der Waals surface area contributed by atoms with E-state index in [0.717, 1.165) is 18.9 Å². The molecule has 30 heavy (non-hydrogen) atoms. The lowest BCUT2D eigenvalue weighted by atomic mass is 10.2. The van der Waals surface area contributed by atoms with Crippen LogP contribution in [0.1, 0.15) is 12.8 Å². The second-order valence-corrected chi connectivity index (χ2v) is 9.33. The SMILES string of the molecule is CN(C[C@H]1COc2ccccc2O1)c1ccc(S(=O)(=O)N2CCCC2)cc1[N+](=O)[O-]. The molecule has 10 heteroatoms. The summed E-state index contributed by atoms with van der Waals surface area (Å²) in [6.07, 6.45) is 1.28. The van der Waals surface area contributed by atoms with Crippen LogP contribution in [0.5, 0.6) is 11.5 Å². The summed E-state index contributed by atoms with van der Waals surface area (Å²) < 4.78 is 38.6. The molecule has 0 radical (unpaired) electrons.